The first-order valence-corrected chi connectivity index (χ1v) is 54.0. The number of oxazole rings is 3. The zero-order valence-electron chi connectivity index (χ0n) is 100. The summed E-state index contributed by atoms with van der Waals surface area (Å²) in [6.07, 6.45) is 30.8. The van der Waals surface area contributed by atoms with Crippen molar-refractivity contribution in [3.63, 3.8) is 0 Å². The molecule has 0 fully saturated rings. The molecule has 0 saturated carbocycles. The summed E-state index contributed by atoms with van der Waals surface area (Å²) in [6.45, 7) is 133. The van der Waals surface area contributed by atoms with Crippen molar-refractivity contribution in [1.82, 2.24) is 54.2 Å². The van der Waals surface area contributed by atoms with Crippen LogP contribution in [0, 0.1) is 70.1 Å². The molecule has 0 unspecified atom stereocenters. The number of H-pyrrole nitrogens is 1. The van der Waals surface area contributed by atoms with Crippen LogP contribution in [0.25, 0.3) is 18.2 Å². The summed E-state index contributed by atoms with van der Waals surface area (Å²) in [6, 6.07) is 6.15. The van der Waals surface area contributed by atoms with Crippen molar-refractivity contribution >= 4 is 86.8 Å². The smallest absolute Gasteiger partial charge is 0.218 e. The van der Waals surface area contributed by atoms with Gasteiger partial charge in [0.15, 0.2) is 11.8 Å². The van der Waals surface area contributed by atoms with Crippen molar-refractivity contribution in [2.45, 2.75) is 400 Å². The highest BCUT2D eigenvalue weighted by Gasteiger charge is 2.29. The van der Waals surface area contributed by atoms with Crippen molar-refractivity contribution in [3.05, 3.63) is 289 Å². The van der Waals surface area contributed by atoms with E-state index in [1.807, 2.05) is 78.1 Å². The van der Waals surface area contributed by atoms with Gasteiger partial charge in [0, 0.05) is 114 Å². The molecule has 812 valence electrons. The number of hydrogen-bond donors (Lipinski definition) is 1. The first kappa shape index (κ1) is 135. The van der Waals surface area contributed by atoms with Crippen molar-refractivity contribution in [1.29, 1.82) is 0 Å². The maximum absolute atomic E-state index is 5.34. The molecular weight excluding hydrogens is 1900 g/mol. The second kappa shape index (κ2) is 57.6. The van der Waals surface area contributed by atoms with Crippen LogP contribution >= 0.6 is 45.7 Å². The average Bonchev–Trinajstić information content (AvgIpc) is 1.71. The molecule has 0 bridgehead atoms. The van der Waals surface area contributed by atoms with E-state index in [1.165, 1.54) is 49.1 Å². The molecule has 0 atom stereocenters. The summed E-state index contributed by atoms with van der Waals surface area (Å²) < 4.78 is 33.9. The number of thiazole rings is 2. The quantitative estimate of drug-likeness (QED) is 0.156. The number of aryl methyl sites for hydroxylation is 7. The van der Waals surface area contributed by atoms with E-state index in [2.05, 4.69) is 459 Å². The molecule has 0 aromatic carbocycles. The van der Waals surface area contributed by atoms with Crippen molar-refractivity contribution in [2.24, 2.45) is 41.6 Å². The summed E-state index contributed by atoms with van der Waals surface area (Å²) in [5.74, 6) is 3.97. The van der Waals surface area contributed by atoms with Crippen LogP contribution in [0.1, 0.15) is 409 Å². The van der Waals surface area contributed by atoms with E-state index in [4.69, 9.17) is 22.3 Å². The first-order valence-electron chi connectivity index (χ1n) is 50.7. The second-order valence-electron chi connectivity index (χ2n) is 50.8. The molecule has 0 spiro atoms. The van der Waals surface area contributed by atoms with Gasteiger partial charge in [-0.15, -0.1) is 22.7 Å². The maximum Gasteiger partial charge on any atom is 0.218 e. The minimum absolute atomic E-state index is 0.0603. The highest BCUT2D eigenvalue weighted by molar-refractivity contribution is 7.11. The molecule has 1 N–H and O–H groups in total. The van der Waals surface area contributed by atoms with Crippen LogP contribution in [0.3, 0.4) is 0 Å². The number of nitrogens with zero attached hydrogens (tertiary/aromatic N) is 14. The van der Waals surface area contributed by atoms with Crippen molar-refractivity contribution in [2.75, 3.05) is 19.6 Å². The molecule has 0 amide bonds. The first-order chi connectivity index (χ1) is 66.8. The fourth-order valence-corrected chi connectivity index (χ4v) is 15.8. The van der Waals surface area contributed by atoms with E-state index in [1.54, 1.807) is 95.0 Å². The molecule has 0 saturated heterocycles. The zero-order chi connectivity index (χ0) is 114. The molecule has 14 heterocycles. The lowest BCUT2D eigenvalue weighted by molar-refractivity contribution is 0.327. The van der Waals surface area contributed by atoms with E-state index in [0.29, 0.717) is 5.89 Å². The van der Waals surface area contributed by atoms with Crippen LogP contribution < -0.4 is 0 Å². The Balaban J connectivity index is 0.000000792. The summed E-state index contributed by atoms with van der Waals surface area (Å²) in [5.41, 5.74) is 23.8. The average molecular weight is 2090 g/mol. The number of aliphatic imine (C=N–C) groups is 4. The number of nitrogens with one attached hydrogen (secondary N) is 1. The number of hydrogen-bond acceptors (Lipinski definition) is 23. The molecular formula is C123H191N15O5S4. The Bertz CT molecular complexity index is 5490. The molecule has 4 aliphatic rings. The highest BCUT2D eigenvalue weighted by Crippen LogP contribution is 2.37. The van der Waals surface area contributed by atoms with Gasteiger partial charge in [0.2, 0.25) is 5.89 Å². The predicted molar refractivity (Wildman–Crippen MR) is 640 cm³/mol. The molecule has 10 aromatic rings. The van der Waals surface area contributed by atoms with Gasteiger partial charge < -0.3 is 22.3 Å². The van der Waals surface area contributed by atoms with E-state index < -0.39 is 0 Å². The minimum Gasteiger partial charge on any atom is -0.449 e. The monoisotopic (exact) mass is 2090 g/mol. The molecule has 24 heteroatoms. The minimum atomic E-state index is 0.0603. The Hall–Kier alpha value is -10.4. The standard InChI is InChI=1S/4C10H15N.C9H14N2.2C9H13NO.3C8H13NO.4C8H13NS/c1-5-9-6-8(7-11-9)10(2,3)4;2*1-5-9-8(6-7-11-9)10(2,3)4;1-5-8-6-7-9(11-8)10(2,3)4;1-5-7-6-8(11-10-7)9(2,3)4;1-5-8-10-7(6-11-8)9(2,3)4;1-5-8-7(6-11-10-8)9(2,3)4;1-6-9-7(5-10-6)8(2,3)4;1-6-9-5-7(10-6)8(2,3)4;1-6-5-7(10-9-6)8(2,3)4;1-6-9-7(5-10-6)8(2,3)4;1-6-9-5-7(10-6)8(2,3)4;1-6-7(5-10-9-6)8(2,3)4;1-6-5-7(10-9-6)8(2,3)4/h3*5-6H,1,7H2,2-4H3;5,7H,1,6H2,2-4H3;5-6H,1H2,2-4H3,(H,10,11);2*5-6H,1H2,2-4H3;7*5H,1-4H3. The molecule has 0 aliphatic carbocycles. The molecule has 147 heavy (non-hydrogen) atoms. The Labute approximate surface area is 906 Å². The zero-order valence-corrected chi connectivity index (χ0v) is 104. The largest absolute Gasteiger partial charge is 0.449 e. The van der Waals surface area contributed by atoms with E-state index in [0.717, 1.165) is 128 Å². The van der Waals surface area contributed by atoms with Gasteiger partial charge in [-0.1, -0.05) is 365 Å². The van der Waals surface area contributed by atoms with Gasteiger partial charge in [0.05, 0.1) is 92.8 Å². The third-order valence-electron chi connectivity index (χ3n) is 21.8. The van der Waals surface area contributed by atoms with Gasteiger partial charge in [0.25, 0.3) is 0 Å². The fraction of sp³-hybridized carbons (Fsp3) is 0.545. The van der Waals surface area contributed by atoms with Gasteiger partial charge in [-0.2, -0.15) is 13.8 Å². The summed E-state index contributed by atoms with van der Waals surface area (Å²) >= 11 is 6.65. The van der Waals surface area contributed by atoms with E-state index in [-0.39, 0.29) is 75.8 Å². The maximum atomic E-state index is 5.34. The van der Waals surface area contributed by atoms with Crippen LogP contribution in [0.5, 0.6) is 0 Å². The second-order valence-corrected chi connectivity index (χ2v) is 54.5. The van der Waals surface area contributed by atoms with E-state index >= 15 is 0 Å². The number of rotatable bonds is 7. The highest BCUT2D eigenvalue weighted by atomic mass is 32.1. The summed E-state index contributed by atoms with van der Waals surface area (Å²) in [5, 5.41) is 21.2. The van der Waals surface area contributed by atoms with Gasteiger partial charge in [-0.3, -0.25) is 25.1 Å². The number of allylic oxidation sites excluding steroid dienone is 9. The molecule has 10 aromatic heterocycles. The van der Waals surface area contributed by atoms with E-state index in [9.17, 15) is 0 Å². The van der Waals surface area contributed by atoms with Crippen LogP contribution in [0.4, 0.5) is 0 Å². The Morgan fingerprint density at radius 1 is 0.401 bits per heavy atom. The van der Waals surface area contributed by atoms with Crippen molar-refractivity contribution in [3.8, 4) is 0 Å². The fourth-order valence-electron chi connectivity index (χ4n) is 12.4. The number of aromatic nitrogens is 11. The third kappa shape index (κ3) is 51.1. The summed E-state index contributed by atoms with van der Waals surface area (Å²) in [7, 11) is 0. The lowest BCUT2D eigenvalue weighted by Crippen LogP contribution is -2.14. The Morgan fingerprint density at radius 2 is 0.925 bits per heavy atom. The molecule has 4 aliphatic heterocycles. The lowest BCUT2D eigenvalue weighted by Gasteiger charge is -2.20. The van der Waals surface area contributed by atoms with Gasteiger partial charge in [-0.05, 0) is 179 Å². The normalized spacial score (nSPS) is 13.6. The van der Waals surface area contributed by atoms with Gasteiger partial charge >= 0.3 is 0 Å². The van der Waals surface area contributed by atoms with Crippen LogP contribution in [0.15, 0.2) is 219 Å². The lowest BCUT2D eigenvalue weighted by atomic mass is 9.84. The van der Waals surface area contributed by atoms with Gasteiger partial charge in [0.1, 0.15) is 36.0 Å². The molecule has 20 nitrogen and oxygen atoms in total. The van der Waals surface area contributed by atoms with Crippen LogP contribution in [0.2, 0.25) is 0 Å². The SMILES string of the molecule is C=CC1=NC(C(C)(C)C)=CC1.C=CC1=NCC(C(C)(C)C)=C1.C=CC1=NCC=C1C(C)(C)C.C=CC1=NCC=C1C(C)(C)C.C=Cc1cc(C(C)(C)C)[nH]n1.C=Cc1nc(C(C)(C)C)co1.C=Cc1nocc1C(C)(C)C.Cc1cc(C(C)(C)C)on1.Cc1cc(C(C)(C)C)sn1.Cc1nc(C(C)(C)C)co1.Cc1nc(C(C)(C)C)cs1.Cc1ncc(C(C)(C)C)o1.Cc1ncc(C(C)(C)C)s1.Cc1nscc1C(C)(C)C. The van der Waals surface area contributed by atoms with Crippen LogP contribution in [-0.2, 0) is 54.1 Å². The Morgan fingerprint density at radius 3 is 1.16 bits per heavy atom. The number of aromatic amines is 1. The Kier molecular flexibility index (Phi) is 52.7. The predicted octanol–water partition coefficient (Wildman–Crippen LogP) is 36.2. The molecule has 14 rings (SSSR count). The third-order valence-corrected chi connectivity index (χ3v) is 26.0. The molecule has 0 radical (unpaired) electrons. The van der Waals surface area contributed by atoms with Crippen LogP contribution in [-0.4, -0.2) is 96.7 Å². The summed E-state index contributed by atoms with van der Waals surface area (Å²) in [4.78, 5) is 41.1. The topological polar surface area (TPSA) is 260 Å². The van der Waals surface area contributed by atoms with Gasteiger partial charge in [-0.25, -0.2) is 24.9 Å². The van der Waals surface area contributed by atoms with Crippen molar-refractivity contribution < 1.29 is 22.3 Å².